The largest absolute Gasteiger partial charge is 0.401 e. The highest BCUT2D eigenvalue weighted by Crippen LogP contribution is 2.30. The quantitative estimate of drug-likeness (QED) is 0.750. The minimum absolute atomic E-state index is 0.217. The fourth-order valence-corrected chi connectivity index (χ4v) is 2.39. The summed E-state index contributed by atoms with van der Waals surface area (Å²) < 4.78 is 37.1. The third kappa shape index (κ3) is 3.67. The van der Waals surface area contributed by atoms with Crippen molar-refractivity contribution in [3.05, 3.63) is 0 Å². The van der Waals surface area contributed by atoms with Crippen molar-refractivity contribution in [3.8, 4) is 6.07 Å². The molecule has 0 aromatic carbocycles. The lowest BCUT2D eigenvalue weighted by Gasteiger charge is -2.36. The Labute approximate surface area is 94.0 Å². The topological polar surface area (TPSA) is 27.0 Å². The summed E-state index contributed by atoms with van der Waals surface area (Å²) in [5.41, 5.74) is 0. The zero-order valence-corrected chi connectivity index (χ0v) is 9.43. The second kappa shape index (κ2) is 5.53. The Bertz CT molecular complexity index is 257. The fraction of sp³-hybridized carbons (Fsp3) is 0.909. The number of hydrogen-bond acceptors (Lipinski definition) is 2. The Kier molecular flexibility index (Phi) is 4.60. The summed E-state index contributed by atoms with van der Waals surface area (Å²) in [6.45, 7) is 1.17. The molecule has 1 saturated carbocycles. The van der Waals surface area contributed by atoms with Gasteiger partial charge in [0.05, 0.1) is 18.5 Å². The molecule has 1 aliphatic carbocycles. The standard InChI is InChI=1S/C11H17F3N2/c1-2-16(8-11(12,13)14)10-6-4-3-5-9(10)7-15/h9-10H,2-6,8H2,1H3. The molecule has 0 aliphatic heterocycles. The molecule has 0 saturated heterocycles. The van der Waals surface area contributed by atoms with Crippen LogP contribution in [0, 0.1) is 17.2 Å². The van der Waals surface area contributed by atoms with E-state index >= 15 is 0 Å². The monoisotopic (exact) mass is 234 g/mol. The van der Waals surface area contributed by atoms with Gasteiger partial charge < -0.3 is 0 Å². The van der Waals surface area contributed by atoms with Crippen LogP contribution >= 0.6 is 0 Å². The molecule has 0 heterocycles. The molecule has 0 spiro atoms. The van der Waals surface area contributed by atoms with Crippen LogP contribution in [0.15, 0.2) is 0 Å². The minimum atomic E-state index is -4.17. The van der Waals surface area contributed by atoms with Gasteiger partial charge in [0.15, 0.2) is 0 Å². The van der Waals surface area contributed by atoms with E-state index < -0.39 is 12.7 Å². The van der Waals surface area contributed by atoms with Crippen LogP contribution < -0.4 is 0 Å². The first kappa shape index (κ1) is 13.3. The van der Waals surface area contributed by atoms with Crippen LogP contribution in [0.3, 0.4) is 0 Å². The molecule has 1 fully saturated rings. The van der Waals surface area contributed by atoms with Gasteiger partial charge in [0.1, 0.15) is 0 Å². The van der Waals surface area contributed by atoms with Crippen molar-refractivity contribution >= 4 is 0 Å². The van der Waals surface area contributed by atoms with E-state index in [-0.39, 0.29) is 12.0 Å². The molecule has 0 radical (unpaired) electrons. The van der Waals surface area contributed by atoms with E-state index in [0.717, 1.165) is 19.3 Å². The molecule has 16 heavy (non-hydrogen) atoms. The summed E-state index contributed by atoms with van der Waals surface area (Å²) in [4.78, 5) is 1.40. The molecule has 2 atom stereocenters. The van der Waals surface area contributed by atoms with Crippen molar-refractivity contribution in [3.63, 3.8) is 0 Å². The van der Waals surface area contributed by atoms with E-state index in [9.17, 15) is 13.2 Å². The van der Waals surface area contributed by atoms with Crippen molar-refractivity contribution in [2.75, 3.05) is 13.1 Å². The van der Waals surface area contributed by atoms with Gasteiger partial charge in [-0.3, -0.25) is 4.90 Å². The maximum Gasteiger partial charge on any atom is 0.401 e. The van der Waals surface area contributed by atoms with Crippen molar-refractivity contribution in [1.29, 1.82) is 5.26 Å². The highest BCUT2D eigenvalue weighted by Gasteiger charge is 2.36. The first-order chi connectivity index (χ1) is 7.48. The number of nitriles is 1. The van der Waals surface area contributed by atoms with Crippen LogP contribution in [0.2, 0.25) is 0 Å². The molecule has 0 aromatic heterocycles. The molecule has 1 rings (SSSR count). The molecular weight excluding hydrogens is 217 g/mol. The summed E-state index contributed by atoms with van der Waals surface area (Å²) >= 11 is 0. The third-order valence-electron chi connectivity index (χ3n) is 3.15. The second-order valence-corrected chi connectivity index (χ2v) is 4.27. The zero-order chi connectivity index (χ0) is 12.2. The summed E-state index contributed by atoms with van der Waals surface area (Å²) in [5, 5.41) is 8.95. The Morgan fingerprint density at radius 2 is 1.94 bits per heavy atom. The molecular formula is C11H17F3N2. The molecule has 0 aromatic rings. The average Bonchev–Trinajstić information content (AvgIpc) is 2.24. The smallest absolute Gasteiger partial charge is 0.291 e. The van der Waals surface area contributed by atoms with Crippen molar-refractivity contribution < 1.29 is 13.2 Å². The van der Waals surface area contributed by atoms with Gasteiger partial charge in [-0.25, -0.2) is 0 Å². The van der Waals surface area contributed by atoms with Gasteiger partial charge in [-0.05, 0) is 19.4 Å². The van der Waals surface area contributed by atoms with Crippen molar-refractivity contribution in [2.24, 2.45) is 5.92 Å². The van der Waals surface area contributed by atoms with Gasteiger partial charge in [-0.15, -0.1) is 0 Å². The third-order valence-corrected chi connectivity index (χ3v) is 3.15. The minimum Gasteiger partial charge on any atom is -0.291 e. The van der Waals surface area contributed by atoms with Gasteiger partial charge in [-0.2, -0.15) is 18.4 Å². The van der Waals surface area contributed by atoms with E-state index in [0.29, 0.717) is 13.0 Å². The number of hydrogen-bond donors (Lipinski definition) is 0. The van der Waals surface area contributed by atoms with Crippen molar-refractivity contribution in [2.45, 2.75) is 44.8 Å². The lowest BCUT2D eigenvalue weighted by atomic mass is 9.84. The van der Waals surface area contributed by atoms with Crippen LogP contribution in [0.25, 0.3) is 0 Å². The highest BCUT2D eigenvalue weighted by molar-refractivity contribution is 4.95. The Balaban J connectivity index is 2.66. The second-order valence-electron chi connectivity index (χ2n) is 4.27. The molecule has 0 amide bonds. The van der Waals surface area contributed by atoms with E-state index in [1.807, 2.05) is 0 Å². The van der Waals surface area contributed by atoms with Crippen LogP contribution in [0.4, 0.5) is 13.2 Å². The normalized spacial score (nSPS) is 26.8. The Morgan fingerprint density at radius 1 is 1.31 bits per heavy atom. The molecule has 2 nitrogen and oxygen atoms in total. The maximum absolute atomic E-state index is 12.4. The lowest BCUT2D eigenvalue weighted by molar-refractivity contribution is -0.153. The lowest BCUT2D eigenvalue weighted by Crippen LogP contribution is -2.46. The SMILES string of the molecule is CCN(CC(F)(F)F)C1CCCCC1C#N. The highest BCUT2D eigenvalue weighted by atomic mass is 19.4. The maximum atomic E-state index is 12.4. The Hall–Kier alpha value is -0.760. The van der Waals surface area contributed by atoms with Crippen LogP contribution in [0.5, 0.6) is 0 Å². The van der Waals surface area contributed by atoms with Gasteiger partial charge >= 0.3 is 6.18 Å². The van der Waals surface area contributed by atoms with Crippen LogP contribution in [-0.2, 0) is 0 Å². The summed E-state index contributed by atoms with van der Waals surface area (Å²) in [7, 11) is 0. The molecule has 92 valence electrons. The molecule has 0 N–H and O–H groups in total. The Morgan fingerprint density at radius 3 is 2.44 bits per heavy atom. The van der Waals surface area contributed by atoms with E-state index in [4.69, 9.17) is 5.26 Å². The number of nitrogens with zero attached hydrogens (tertiary/aromatic N) is 2. The van der Waals surface area contributed by atoms with E-state index in [2.05, 4.69) is 6.07 Å². The molecule has 0 bridgehead atoms. The number of halogens is 3. The number of rotatable bonds is 3. The van der Waals surface area contributed by atoms with Crippen molar-refractivity contribution in [1.82, 2.24) is 4.90 Å². The summed E-state index contributed by atoms with van der Waals surface area (Å²) in [6.07, 6.45) is -0.847. The predicted molar refractivity (Wildman–Crippen MR) is 54.7 cm³/mol. The molecule has 2 unspecified atom stereocenters. The van der Waals surface area contributed by atoms with Gasteiger partial charge in [-0.1, -0.05) is 19.8 Å². The van der Waals surface area contributed by atoms with E-state index in [1.54, 1.807) is 6.92 Å². The fourth-order valence-electron chi connectivity index (χ4n) is 2.39. The van der Waals surface area contributed by atoms with Gasteiger partial charge in [0.2, 0.25) is 0 Å². The van der Waals surface area contributed by atoms with Crippen LogP contribution in [-0.4, -0.2) is 30.2 Å². The van der Waals surface area contributed by atoms with E-state index in [1.165, 1.54) is 4.90 Å². The first-order valence-corrected chi connectivity index (χ1v) is 5.68. The number of alkyl halides is 3. The van der Waals surface area contributed by atoms with Gasteiger partial charge in [0, 0.05) is 6.04 Å². The summed E-state index contributed by atoms with van der Waals surface area (Å²) in [5.74, 6) is -0.240. The molecule has 5 heteroatoms. The predicted octanol–water partition coefficient (Wildman–Crippen LogP) is 2.95. The first-order valence-electron chi connectivity index (χ1n) is 5.68. The zero-order valence-electron chi connectivity index (χ0n) is 9.43. The summed E-state index contributed by atoms with van der Waals surface area (Å²) in [6, 6.07) is 1.93. The van der Waals surface area contributed by atoms with Crippen LogP contribution in [0.1, 0.15) is 32.6 Å². The van der Waals surface area contributed by atoms with Gasteiger partial charge in [0.25, 0.3) is 0 Å². The molecule has 1 aliphatic rings. The average molecular weight is 234 g/mol.